The van der Waals surface area contributed by atoms with Crippen molar-refractivity contribution in [3.05, 3.63) is 35.9 Å². The third kappa shape index (κ3) is 11.6. The van der Waals surface area contributed by atoms with Crippen molar-refractivity contribution >= 4 is 27.7 Å². The molecule has 11 nitrogen and oxygen atoms in total. The van der Waals surface area contributed by atoms with Crippen LogP contribution in [0.25, 0.3) is 0 Å². The molecule has 256 valence electrons. The van der Waals surface area contributed by atoms with Gasteiger partial charge in [-0.2, -0.15) is 0 Å². The Balaban J connectivity index is 2.21. The van der Waals surface area contributed by atoms with Gasteiger partial charge in [-0.15, -0.1) is 0 Å². The molecule has 45 heavy (non-hydrogen) atoms. The fraction of sp³-hybridized carbons (Fsp3) is 0.727. The van der Waals surface area contributed by atoms with Crippen molar-refractivity contribution in [1.82, 2.24) is 15.1 Å². The van der Waals surface area contributed by atoms with Crippen molar-refractivity contribution < 1.29 is 32.3 Å². The number of methoxy groups -OCH3 is 2. The van der Waals surface area contributed by atoms with E-state index in [4.69, 9.17) is 14.6 Å². The van der Waals surface area contributed by atoms with Gasteiger partial charge in [0.25, 0.3) is 0 Å². The van der Waals surface area contributed by atoms with Crippen LogP contribution in [-0.4, -0.2) is 99.8 Å². The topological polar surface area (TPSA) is 148 Å². The summed E-state index contributed by atoms with van der Waals surface area (Å²) >= 11 is 0. The van der Waals surface area contributed by atoms with Crippen LogP contribution in [0.3, 0.4) is 0 Å². The number of hydrogen-bond acceptors (Lipinski definition) is 7. The van der Waals surface area contributed by atoms with Crippen molar-refractivity contribution in [2.45, 2.75) is 103 Å². The number of likely N-dealkylation sites (tertiary alicyclic amines) is 1. The first-order valence-electron chi connectivity index (χ1n) is 16.1. The fourth-order valence-electron chi connectivity index (χ4n) is 6.48. The second-order valence-corrected chi connectivity index (χ2v) is 14.6. The number of nitrogens with one attached hydrogen (secondary N) is 1. The second-order valence-electron chi connectivity index (χ2n) is 13.0. The zero-order valence-electron chi connectivity index (χ0n) is 28.4. The highest BCUT2D eigenvalue weighted by atomic mass is 32.2. The number of carbonyl (C=O) groups excluding carboxylic acids is 3. The molecule has 1 aliphatic rings. The minimum Gasteiger partial charge on any atom is -0.379 e. The van der Waals surface area contributed by atoms with Gasteiger partial charge in [-0.3, -0.25) is 14.4 Å². The van der Waals surface area contributed by atoms with Crippen LogP contribution in [0.4, 0.5) is 0 Å². The second kappa shape index (κ2) is 18.0. The minimum absolute atomic E-state index is 0.0242. The van der Waals surface area contributed by atoms with Gasteiger partial charge < -0.3 is 24.6 Å². The van der Waals surface area contributed by atoms with E-state index in [2.05, 4.69) is 19.2 Å². The van der Waals surface area contributed by atoms with E-state index >= 15 is 0 Å². The summed E-state index contributed by atoms with van der Waals surface area (Å²) in [4.78, 5) is 43.9. The molecule has 1 heterocycles. The number of sulfonamides is 1. The summed E-state index contributed by atoms with van der Waals surface area (Å²) in [5.74, 6) is -1.24. The number of benzene rings is 1. The fourth-order valence-corrected chi connectivity index (χ4v) is 7.24. The van der Waals surface area contributed by atoms with E-state index in [-0.39, 0.29) is 48.1 Å². The van der Waals surface area contributed by atoms with Crippen LogP contribution in [0, 0.1) is 17.8 Å². The molecule has 1 saturated heterocycles. The van der Waals surface area contributed by atoms with E-state index in [9.17, 15) is 22.8 Å². The molecule has 1 aromatic carbocycles. The summed E-state index contributed by atoms with van der Waals surface area (Å²) in [7, 11) is 1.03. The van der Waals surface area contributed by atoms with E-state index in [0.717, 1.165) is 18.4 Å². The predicted octanol–water partition coefficient (Wildman–Crippen LogP) is 2.97. The average Bonchev–Trinajstić information content (AvgIpc) is 3.45. The highest BCUT2D eigenvalue weighted by Gasteiger charge is 2.42. The third-order valence-corrected chi connectivity index (χ3v) is 9.86. The summed E-state index contributed by atoms with van der Waals surface area (Å²) in [6, 6.07) is 7.93. The van der Waals surface area contributed by atoms with Crippen LogP contribution in [0.5, 0.6) is 0 Å². The molecule has 1 aliphatic heterocycles. The lowest BCUT2D eigenvalue weighted by Gasteiger charge is -2.39. The molecule has 3 amide bonds. The van der Waals surface area contributed by atoms with Crippen LogP contribution in [0.2, 0.25) is 0 Å². The first kappa shape index (κ1) is 38.6. The van der Waals surface area contributed by atoms with Gasteiger partial charge in [0.05, 0.1) is 42.4 Å². The molecule has 12 heteroatoms. The Morgan fingerprint density at radius 3 is 2.24 bits per heavy atom. The molecule has 7 atom stereocenters. The van der Waals surface area contributed by atoms with Crippen molar-refractivity contribution in [2.75, 3.05) is 33.6 Å². The zero-order chi connectivity index (χ0) is 33.9. The highest BCUT2D eigenvalue weighted by molar-refractivity contribution is 7.89. The van der Waals surface area contributed by atoms with Crippen molar-refractivity contribution in [3.63, 3.8) is 0 Å². The Kier molecular flexibility index (Phi) is 15.4. The summed E-state index contributed by atoms with van der Waals surface area (Å²) in [6.45, 7) is 10.4. The van der Waals surface area contributed by atoms with E-state index in [1.165, 1.54) is 7.11 Å². The van der Waals surface area contributed by atoms with Crippen molar-refractivity contribution in [3.8, 4) is 0 Å². The molecular formula is C33H56N4O7S. The maximum absolute atomic E-state index is 13.9. The lowest BCUT2D eigenvalue weighted by Crippen LogP contribution is -2.54. The minimum atomic E-state index is -3.86. The van der Waals surface area contributed by atoms with Crippen LogP contribution in [-0.2, 0) is 40.3 Å². The van der Waals surface area contributed by atoms with Crippen LogP contribution >= 0.6 is 0 Å². The Morgan fingerprint density at radius 1 is 1.07 bits per heavy atom. The van der Waals surface area contributed by atoms with Gasteiger partial charge in [-0.05, 0) is 36.7 Å². The largest absolute Gasteiger partial charge is 0.379 e. The smallest absolute Gasteiger partial charge is 0.225 e. The molecule has 2 rings (SSSR count). The van der Waals surface area contributed by atoms with E-state index in [0.29, 0.717) is 25.8 Å². The first-order valence-corrected chi connectivity index (χ1v) is 17.8. The molecule has 0 spiro atoms. The SMILES string of the molecule is CCC(C)C(C(CC(=O)N1CCCC1C(OC)C(C)C(=O)NC(Cc1ccccc1)CS(N)(=O)=O)OC)N(C)C(=O)CC(C)C. The summed E-state index contributed by atoms with van der Waals surface area (Å²) < 4.78 is 35.7. The van der Waals surface area contributed by atoms with Gasteiger partial charge in [-0.25, -0.2) is 13.6 Å². The number of rotatable bonds is 18. The monoisotopic (exact) mass is 652 g/mol. The summed E-state index contributed by atoms with van der Waals surface area (Å²) in [5, 5.41) is 8.23. The molecular weight excluding hydrogens is 596 g/mol. The highest BCUT2D eigenvalue weighted by Crippen LogP contribution is 2.29. The zero-order valence-corrected chi connectivity index (χ0v) is 29.2. The first-order chi connectivity index (χ1) is 21.1. The molecule has 0 aliphatic carbocycles. The number of hydrogen-bond donors (Lipinski definition) is 2. The van der Waals surface area contributed by atoms with Gasteiger partial charge in [-0.1, -0.05) is 71.4 Å². The van der Waals surface area contributed by atoms with E-state index in [1.807, 2.05) is 44.2 Å². The molecule has 0 saturated carbocycles. The predicted molar refractivity (Wildman–Crippen MR) is 176 cm³/mol. The van der Waals surface area contributed by atoms with E-state index in [1.54, 1.807) is 30.9 Å². The maximum Gasteiger partial charge on any atom is 0.225 e. The molecule has 0 bridgehead atoms. The van der Waals surface area contributed by atoms with Crippen molar-refractivity contribution in [2.24, 2.45) is 22.9 Å². The summed E-state index contributed by atoms with van der Waals surface area (Å²) in [5.41, 5.74) is 0.870. The average molecular weight is 653 g/mol. The molecule has 1 aromatic rings. The quantitative estimate of drug-likeness (QED) is 0.248. The number of ether oxygens (including phenoxy) is 2. The Morgan fingerprint density at radius 2 is 1.71 bits per heavy atom. The van der Waals surface area contributed by atoms with Gasteiger partial charge in [0.15, 0.2) is 0 Å². The standard InChI is InChI=1S/C33H56N4O7S/c1-9-23(4)31(36(6)29(38)18-22(2)3)28(43-7)20-30(39)37-17-13-16-27(37)32(44-8)24(5)33(40)35-26(21-45(34,41)42)19-25-14-11-10-12-15-25/h10-12,14-15,22-24,26-28,31-32H,9,13,16-21H2,1-8H3,(H,35,40)(H2,34,41,42). The number of likely N-dealkylation sites (N-methyl/N-ethyl adjacent to an activating group) is 1. The van der Waals surface area contributed by atoms with E-state index < -0.39 is 39.9 Å². The van der Waals surface area contributed by atoms with Crippen LogP contribution in [0.15, 0.2) is 30.3 Å². The third-order valence-electron chi connectivity index (χ3n) is 8.99. The maximum atomic E-state index is 13.9. The Bertz CT molecular complexity index is 1200. The lowest BCUT2D eigenvalue weighted by molar-refractivity contribution is -0.146. The number of carbonyl (C=O) groups is 3. The van der Waals surface area contributed by atoms with Crippen molar-refractivity contribution in [1.29, 1.82) is 0 Å². The Hall–Kier alpha value is -2.54. The number of amides is 3. The molecule has 3 N–H and O–H groups in total. The van der Waals surface area contributed by atoms with Gasteiger partial charge in [0, 0.05) is 40.3 Å². The van der Waals surface area contributed by atoms with Gasteiger partial charge in [0.1, 0.15) is 0 Å². The van der Waals surface area contributed by atoms with Crippen LogP contribution < -0.4 is 10.5 Å². The number of nitrogens with two attached hydrogens (primary N) is 1. The molecule has 7 unspecified atom stereocenters. The molecule has 0 aromatic heterocycles. The summed E-state index contributed by atoms with van der Waals surface area (Å²) in [6.07, 6.45) is 1.91. The van der Waals surface area contributed by atoms with Crippen LogP contribution in [0.1, 0.15) is 72.3 Å². The molecule has 1 fully saturated rings. The molecule has 0 radical (unpaired) electrons. The number of nitrogens with zero attached hydrogens (tertiary/aromatic N) is 2. The Labute approximate surface area is 270 Å². The van der Waals surface area contributed by atoms with Gasteiger partial charge in [0.2, 0.25) is 27.7 Å². The normalized spacial score (nSPS) is 19.4. The van der Waals surface area contributed by atoms with Gasteiger partial charge >= 0.3 is 0 Å². The number of primary sulfonamides is 1. The lowest BCUT2D eigenvalue weighted by atomic mass is 9.90.